The number of fused-ring (bicyclic) bond motifs is 1. The number of carbonyl (C=O) groups excluding carboxylic acids is 2. The third kappa shape index (κ3) is 4.84. The summed E-state index contributed by atoms with van der Waals surface area (Å²) >= 11 is 1.52. The summed E-state index contributed by atoms with van der Waals surface area (Å²) in [5.41, 5.74) is 2.25. The zero-order chi connectivity index (χ0) is 18.2. The number of benzene rings is 1. The van der Waals surface area contributed by atoms with Crippen molar-refractivity contribution in [1.29, 1.82) is 0 Å². The maximum absolute atomic E-state index is 11.1. The molecule has 6 nitrogen and oxygen atoms in total. The van der Waals surface area contributed by atoms with E-state index in [2.05, 4.69) is 15.3 Å². The number of nitrogens with one attached hydrogen (secondary N) is 1. The molecule has 0 unspecified atom stereocenters. The van der Waals surface area contributed by atoms with Crippen LogP contribution in [0, 0.1) is 0 Å². The largest absolute Gasteiger partial charge is 0.486 e. The Morgan fingerprint density at radius 2 is 2.08 bits per heavy atom. The van der Waals surface area contributed by atoms with Crippen LogP contribution in [0.3, 0.4) is 0 Å². The second-order valence-electron chi connectivity index (χ2n) is 4.77. The van der Waals surface area contributed by atoms with Gasteiger partial charge in [0, 0.05) is 24.8 Å². The summed E-state index contributed by atoms with van der Waals surface area (Å²) in [5, 5.41) is 3.50. The van der Waals surface area contributed by atoms with E-state index in [0.29, 0.717) is 17.7 Å². The maximum Gasteiger partial charge on any atom is 0.221 e. The molecule has 2 aromatic heterocycles. The standard InChI is InChI=1S/C16H13N3O3S.C2H6/c1-10(21)18-12-6-11(8-17-9-12)16-19-14-7-13(22-5-4-20)2-3-15(14)23-16;1-2/h2-4,6-9H,5H2,1H3,(H,18,21);1-2H3. The quantitative estimate of drug-likeness (QED) is 0.700. The van der Waals surface area contributed by atoms with Crippen LogP contribution in [0.15, 0.2) is 36.7 Å². The first-order valence-corrected chi connectivity index (χ1v) is 8.67. The van der Waals surface area contributed by atoms with Crippen LogP contribution < -0.4 is 10.1 Å². The number of pyridine rings is 1. The van der Waals surface area contributed by atoms with Gasteiger partial charge in [-0.15, -0.1) is 11.3 Å². The summed E-state index contributed by atoms with van der Waals surface area (Å²) in [5.74, 6) is 0.455. The first-order chi connectivity index (χ1) is 12.2. The fourth-order valence-electron chi connectivity index (χ4n) is 2.08. The van der Waals surface area contributed by atoms with E-state index in [9.17, 15) is 9.59 Å². The molecule has 130 valence electrons. The van der Waals surface area contributed by atoms with Gasteiger partial charge in [0.05, 0.1) is 22.1 Å². The highest BCUT2D eigenvalue weighted by molar-refractivity contribution is 7.21. The van der Waals surface area contributed by atoms with Gasteiger partial charge in [-0.05, 0) is 18.2 Å². The van der Waals surface area contributed by atoms with E-state index in [4.69, 9.17) is 4.74 Å². The van der Waals surface area contributed by atoms with E-state index in [0.717, 1.165) is 20.8 Å². The lowest BCUT2D eigenvalue weighted by molar-refractivity contribution is -0.114. The monoisotopic (exact) mass is 357 g/mol. The van der Waals surface area contributed by atoms with E-state index >= 15 is 0 Å². The molecule has 0 radical (unpaired) electrons. The van der Waals surface area contributed by atoms with Crippen LogP contribution in [0.25, 0.3) is 20.8 Å². The molecule has 0 saturated carbocycles. The molecule has 0 aliphatic heterocycles. The molecule has 3 rings (SSSR count). The van der Waals surface area contributed by atoms with Gasteiger partial charge in [0.15, 0.2) is 6.29 Å². The molecule has 0 fully saturated rings. The van der Waals surface area contributed by atoms with Gasteiger partial charge in [0.2, 0.25) is 5.91 Å². The molecular formula is C18H19N3O3S. The number of anilines is 1. The molecule has 7 heteroatoms. The van der Waals surface area contributed by atoms with Gasteiger partial charge in [-0.25, -0.2) is 4.98 Å². The van der Waals surface area contributed by atoms with Gasteiger partial charge in [0.1, 0.15) is 17.4 Å². The zero-order valence-corrected chi connectivity index (χ0v) is 15.1. The Kier molecular flexibility index (Phi) is 6.59. The van der Waals surface area contributed by atoms with Crippen LogP contribution in [-0.4, -0.2) is 28.8 Å². The lowest BCUT2D eigenvalue weighted by Gasteiger charge is -2.02. The highest BCUT2D eigenvalue weighted by atomic mass is 32.1. The van der Waals surface area contributed by atoms with Crippen LogP contribution in [0.1, 0.15) is 20.8 Å². The highest BCUT2D eigenvalue weighted by Gasteiger charge is 2.09. The molecule has 0 spiro atoms. The Morgan fingerprint density at radius 1 is 1.28 bits per heavy atom. The Morgan fingerprint density at radius 3 is 2.80 bits per heavy atom. The van der Waals surface area contributed by atoms with Crippen LogP contribution in [0.4, 0.5) is 5.69 Å². The SMILES string of the molecule is CC.CC(=O)Nc1cncc(-c2nc3cc(OCC=O)ccc3s2)c1. The fourth-order valence-corrected chi connectivity index (χ4v) is 3.01. The zero-order valence-electron chi connectivity index (χ0n) is 14.3. The van der Waals surface area contributed by atoms with Crippen molar-refractivity contribution < 1.29 is 14.3 Å². The fraction of sp³-hybridized carbons (Fsp3) is 0.222. The van der Waals surface area contributed by atoms with E-state index in [1.807, 2.05) is 26.0 Å². The maximum atomic E-state index is 11.1. The number of ether oxygens (including phenoxy) is 1. The lowest BCUT2D eigenvalue weighted by Crippen LogP contribution is -2.05. The number of amides is 1. The molecule has 0 bridgehead atoms. The first-order valence-electron chi connectivity index (χ1n) is 7.86. The van der Waals surface area contributed by atoms with Crippen LogP contribution in [-0.2, 0) is 9.59 Å². The third-order valence-electron chi connectivity index (χ3n) is 2.98. The molecule has 25 heavy (non-hydrogen) atoms. The van der Waals surface area contributed by atoms with Crippen molar-refractivity contribution in [3.05, 3.63) is 36.7 Å². The second-order valence-corrected chi connectivity index (χ2v) is 5.80. The molecule has 1 amide bonds. The molecular weight excluding hydrogens is 338 g/mol. The molecule has 2 heterocycles. The van der Waals surface area contributed by atoms with E-state index in [1.165, 1.54) is 18.3 Å². The summed E-state index contributed by atoms with van der Waals surface area (Å²) in [6.45, 7) is 5.47. The highest BCUT2D eigenvalue weighted by Crippen LogP contribution is 2.32. The second kappa shape index (κ2) is 8.89. The van der Waals surface area contributed by atoms with Crippen LogP contribution >= 0.6 is 11.3 Å². The van der Waals surface area contributed by atoms with Gasteiger partial charge in [-0.3, -0.25) is 14.6 Å². The van der Waals surface area contributed by atoms with Gasteiger partial charge in [-0.1, -0.05) is 13.8 Å². The van der Waals surface area contributed by atoms with Crippen molar-refractivity contribution in [3.8, 4) is 16.3 Å². The summed E-state index contributed by atoms with van der Waals surface area (Å²) in [7, 11) is 0. The topological polar surface area (TPSA) is 81.2 Å². The normalized spacial score (nSPS) is 9.88. The number of rotatable bonds is 5. The molecule has 0 aliphatic rings. The minimum atomic E-state index is -0.148. The Labute approximate surface area is 149 Å². The summed E-state index contributed by atoms with van der Waals surface area (Å²) in [6, 6.07) is 7.33. The smallest absolute Gasteiger partial charge is 0.221 e. The van der Waals surface area contributed by atoms with E-state index < -0.39 is 0 Å². The van der Waals surface area contributed by atoms with Gasteiger partial charge in [-0.2, -0.15) is 0 Å². The molecule has 1 aromatic carbocycles. The van der Waals surface area contributed by atoms with Crippen molar-refractivity contribution in [3.63, 3.8) is 0 Å². The van der Waals surface area contributed by atoms with Crippen molar-refractivity contribution in [2.45, 2.75) is 20.8 Å². The predicted octanol–water partition coefficient (Wildman–Crippen LogP) is 3.92. The van der Waals surface area contributed by atoms with Crippen LogP contribution in [0.5, 0.6) is 5.75 Å². The number of hydrogen-bond acceptors (Lipinski definition) is 6. The number of aldehydes is 1. The van der Waals surface area contributed by atoms with Crippen molar-refractivity contribution in [2.75, 3.05) is 11.9 Å². The Hall–Kier alpha value is -2.80. The van der Waals surface area contributed by atoms with Crippen molar-refractivity contribution >= 4 is 39.4 Å². The minimum absolute atomic E-state index is 0.0190. The number of thiazole rings is 1. The van der Waals surface area contributed by atoms with E-state index in [-0.39, 0.29) is 12.5 Å². The summed E-state index contributed by atoms with van der Waals surface area (Å²) < 4.78 is 6.28. The van der Waals surface area contributed by atoms with E-state index in [1.54, 1.807) is 24.5 Å². The van der Waals surface area contributed by atoms with Crippen LogP contribution in [0.2, 0.25) is 0 Å². The molecule has 1 N–H and O–H groups in total. The van der Waals surface area contributed by atoms with Gasteiger partial charge in [0.25, 0.3) is 0 Å². The Balaban J connectivity index is 0.00000109. The summed E-state index contributed by atoms with van der Waals surface area (Å²) in [4.78, 5) is 30.2. The Bertz CT molecular complexity index is 877. The predicted molar refractivity (Wildman–Crippen MR) is 100 cm³/mol. The van der Waals surface area contributed by atoms with Crippen molar-refractivity contribution in [2.24, 2.45) is 0 Å². The first kappa shape index (κ1) is 18.5. The van der Waals surface area contributed by atoms with Gasteiger partial charge >= 0.3 is 0 Å². The average molecular weight is 357 g/mol. The molecule has 0 saturated heterocycles. The minimum Gasteiger partial charge on any atom is -0.486 e. The van der Waals surface area contributed by atoms with Crippen molar-refractivity contribution in [1.82, 2.24) is 9.97 Å². The lowest BCUT2D eigenvalue weighted by atomic mass is 10.2. The molecule has 0 aliphatic carbocycles. The summed E-state index contributed by atoms with van der Waals surface area (Å²) in [6.07, 6.45) is 3.99. The molecule has 0 atom stereocenters. The number of aromatic nitrogens is 2. The molecule has 3 aromatic rings. The third-order valence-corrected chi connectivity index (χ3v) is 4.07. The van der Waals surface area contributed by atoms with Gasteiger partial charge < -0.3 is 10.1 Å². The number of carbonyl (C=O) groups is 2. The number of hydrogen-bond donors (Lipinski definition) is 1. The number of nitrogens with zero attached hydrogens (tertiary/aromatic N) is 2. The average Bonchev–Trinajstić information content (AvgIpc) is 3.05.